The quantitative estimate of drug-likeness (QED) is 0.716. The van der Waals surface area contributed by atoms with Crippen LogP contribution < -0.4 is 20.3 Å². The smallest absolute Gasteiger partial charge is 0.227 e. The summed E-state index contributed by atoms with van der Waals surface area (Å²) in [6.45, 7) is 7.37. The molecule has 2 N–H and O–H groups in total. The molecule has 28 heavy (non-hydrogen) atoms. The van der Waals surface area contributed by atoms with Crippen molar-refractivity contribution in [2.24, 2.45) is 0 Å². The maximum atomic E-state index is 12.1. The number of anilines is 2. The Balaban J connectivity index is 1.54. The summed E-state index contributed by atoms with van der Waals surface area (Å²) < 4.78 is 5.79. The van der Waals surface area contributed by atoms with Gasteiger partial charge < -0.3 is 20.3 Å². The van der Waals surface area contributed by atoms with E-state index in [1.165, 1.54) is 5.56 Å². The van der Waals surface area contributed by atoms with Crippen molar-refractivity contribution in [3.05, 3.63) is 53.6 Å². The van der Waals surface area contributed by atoms with E-state index in [9.17, 15) is 4.79 Å². The third kappa shape index (κ3) is 5.23. The standard InChI is InChI=1S/C22H27N3O2S/c1-15-6-10-19(11-7-15)27-14-17(3)23-22(28)24-18-9-8-16(2)20(13-18)25-12-4-5-21(25)26/h6-11,13,17H,4-5,12,14H2,1-3H3,(H2,23,24,28)/t17-/m0/s1. The van der Waals surface area contributed by atoms with Crippen molar-refractivity contribution in [1.29, 1.82) is 0 Å². The van der Waals surface area contributed by atoms with Crippen LogP contribution in [0.1, 0.15) is 30.9 Å². The molecule has 2 aromatic rings. The average molecular weight is 398 g/mol. The molecule has 0 saturated carbocycles. The van der Waals surface area contributed by atoms with Crippen LogP contribution >= 0.6 is 12.2 Å². The highest BCUT2D eigenvalue weighted by atomic mass is 32.1. The molecule has 1 atom stereocenters. The number of hydrogen-bond donors (Lipinski definition) is 2. The highest BCUT2D eigenvalue weighted by Crippen LogP contribution is 2.28. The van der Waals surface area contributed by atoms with Gasteiger partial charge in [0.1, 0.15) is 12.4 Å². The number of amides is 1. The van der Waals surface area contributed by atoms with Crippen molar-refractivity contribution < 1.29 is 9.53 Å². The van der Waals surface area contributed by atoms with Crippen molar-refractivity contribution in [2.45, 2.75) is 39.7 Å². The minimum Gasteiger partial charge on any atom is -0.491 e. The summed E-state index contributed by atoms with van der Waals surface area (Å²) in [6, 6.07) is 14.0. The van der Waals surface area contributed by atoms with Gasteiger partial charge in [-0.05, 0) is 69.2 Å². The Labute approximate surface area is 172 Å². The van der Waals surface area contributed by atoms with Gasteiger partial charge in [0, 0.05) is 24.3 Å². The molecule has 3 rings (SSSR count). The van der Waals surface area contributed by atoms with Crippen molar-refractivity contribution in [2.75, 3.05) is 23.4 Å². The zero-order valence-corrected chi connectivity index (χ0v) is 17.4. The highest BCUT2D eigenvalue weighted by Gasteiger charge is 2.23. The second-order valence-corrected chi connectivity index (χ2v) is 7.68. The Bertz CT molecular complexity index is 851. The lowest BCUT2D eigenvalue weighted by Gasteiger charge is -2.21. The first-order valence-electron chi connectivity index (χ1n) is 9.60. The summed E-state index contributed by atoms with van der Waals surface area (Å²) in [6.07, 6.45) is 1.53. The Morgan fingerprint density at radius 2 is 1.96 bits per heavy atom. The van der Waals surface area contributed by atoms with Crippen LogP contribution in [0.4, 0.5) is 11.4 Å². The lowest BCUT2D eigenvalue weighted by molar-refractivity contribution is -0.117. The molecule has 1 aliphatic heterocycles. The summed E-state index contributed by atoms with van der Waals surface area (Å²) in [5, 5.41) is 6.98. The van der Waals surface area contributed by atoms with Gasteiger partial charge in [-0.2, -0.15) is 0 Å². The van der Waals surface area contributed by atoms with Crippen LogP contribution in [-0.2, 0) is 4.79 Å². The zero-order valence-electron chi connectivity index (χ0n) is 16.6. The van der Waals surface area contributed by atoms with Gasteiger partial charge in [0.15, 0.2) is 5.11 Å². The molecule has 6 heteroatoms. The number of hydrogen-bond acceptors (Lipinski definition) is 3. The molecule has 0 radical (unpaired) electrons. The molecule has 0 spiro atoms. The first kappa shape index (κ1) is 20.1. The number of thiocarbonyl (C=S) groups is 1. The third-order valence-corrected chi connectivity index (χ3v) is 4.95. The Kier molecular flexibility index (Phi) is 6.52. The molecule has 1 aliphatic rings. The fourth-order valence-electron chi connectivity index (χ4n) is 3.17. The van der Waals surface area contributed by atoms with Gasteiger partial charge in [0.05, 0.1) is 6.04 Å². The normalized spacial score (nSPS) is 14.7. The molecule has 5 nitrogen and oxygen atoms in total. The van der Waals surface area contributed by atoms with Crippen molar-refractivity contribution in [3.63, 3.8) is 0 Å². The van der Waals surface area contributed by atoms with Crippen molar-refractivity contribution >= 4 is 34.6 Å². The van der Waals surface area contributed by atoms with E-state index >= 15 is 0 Å². The molecule has 0 unspecified atom stereocenters. The van der Waals surface area contributed by atoms with Crippen LogP contribution in [-0.4, -0.2) is 30.2 Å². The lowest BCUT2D eigenvalue weighted by Crippen LogP contribution is -2.39. The summed E-state index contributed by atoms with van der Waals surface area (Å²) in [5.41, 5.74) is 4.10. The molecular formula is C22H27N3O2S. The Morgan fingerprint density at radius 1 is 1.21 bits per heavy atom. The van der Waals surface area contributed by atoms with E-state index in [4.69, 9.17) is 17.0 Å². The average Bonchev–Trinajstić information content (AvgIpc) is 3.08. The SMILES string of the molecule is Cc1ccc(OC[C@H](C)NC(=S)Nc2ccc(C)c(N3CCCC3=O)c2)cc1. The van der Waals surface area contributed by atoms with Crippen LogP contribution in [0.5, 0.6) is 5.75 Å². The predicted octanol–water partition coefficient (Wildman–Crippen LogP) is 4.18. The van der Waals surface area contributed by atoms with Crippen LogP contribution in [0.2, 0.25) is 0 Å². The first-order valence-corrected chi connectivity index (χ1v) is 10.0. The molecule has 2 aromatic carbocycles. The Hall–Kier alpha value is -2.60. The van der Waals surface area contributed by atoms with Crippen LogP contribution in [0.15, 0.2) is 42.5 Å². The molecule has 0 bridgehead atoms. The number of carbonyl (C=O) groups excluding carboxylic acids is 1. The molecule has 1 amide bonds. The van der Waals surface area contributed by atoms with E-state index < -0.39 is 0 Å². The topological polar surface area (TPSA) is 53.6 Å². The summed E-state index contributed by atoms with van der Waals surface area (Å²) in [5.74, 6) is 1.03. The van der Waals surface area contributed by atoms with Crippen LogP contribution in [0, 0.1) is 13.8 Å². The number of benzene rings is 2. The van der Waals surface area contributed by atoms with Crippen molar-refractivity contribution in [1.82, 2.24) is 5.32 Å². The molecular weight excluding hydrogens is 370 g/mol. The zero-order chi connectivity index (χ0) is 20.1. The predicted molar refractivity (Wildman–Crippen MR) is 118 cm³/mol. The number of ether oxygens (including phenoxy) is 1. The maximum absolute atomic E-state index is 12.1. The van der Waals surface area contributed by atoms with Crippen molar-refractivity contribution in [3.8, 4) is 5.75 Å². The number of aryl methyl sites for hydroxylation is 2. The van der Waals surface area contributed by atoms with Gasteiger partial charge in [-0.25, -0.2) is 0 Å². The number of nitrogens with zero attached hydrogens (tertiary/aromatic N) is 1. The summed E-state index contributed by atoms with van der Waals surface area (Å²) in [4.78, 5) is 13.9. The fourth-order valence-corrected chi connectivity index (χ4v) is 3.49. The van der Waals surface area contributed by atoms with Gasteiger partial charge in [0.2, 0.25) is 5.91 Å². The molecule has 1 fully saturated rings. The van der Waals surface area contributed by atoms with Gasteiger partial charge in [-0.1, -0.05) is 23.8 Å². The van der Waals surface area contributed by atoms with E-state index in [1.54, 1.807) is 0 Å². The summed E-state index contributed by atoms with van der Waals surface area (Å²) in [7, 11) is 0. The fraction of sp³-hybridized carbons (Fsp3) is 0.364. The Morgan fingerprint density at radius 3 is 2.64 bits per heavy atom. The van der Waals surface area contributed by atoms with E-state index in [2.05, 4.69) is 10.6 Å². The minimum absolute atomic E-state index is 0.0476. The molecule has 1 saturated heterocycles. The monoisotopic (exact) mass is 397 g/mol. The largest absolute Gasteiger partial charge is 0.491 e. The van der Waals surface area contributed by atoms with Gasteiger partial charge in [-0.3, -0.25) is 4.79 Å². The van der Waals surface area contributed by atoms with Gasteiger partial charge >= 0.3 is 0 Å². The molecule has 1 heterocycles. The van der Waals surface area contributed by atoms with Crippen LogP contribution in [0.25, 0.3) is 0 Å². The summed E-state index contributed by atoms with van der Waals surface area (Å²) >= 11 is 5.44. The molecule has 0 aromatic heterocycles. The first-order chi connectivity index (χ1) is 13.4. The molecule has 0 aliphatic carbocycles. The minimum atomic E-state index is 0.0476. The van der Waals surface area contributed by atoms with E-state index in [-0.39, 0.29) is 11.9 Å². The number of carbonyl (C=O) groups is 1. The molecule has 148 valence electrons. The third-order valence-electron chi connectivity index (χ3n) is 4.73. The van der Waals surface area contributed by atoms with E-state index in [0.717, 1.165) is 35.7 Å². The number of rotatable bonds is 6. The lowest BCUT2D eigenvalue weighted by atomic mass is 10.1. The number of nitrogens with one attached hydrogen (secondary N) is 2. The van der Waals surface area contributed by atoms with Crippen LogP contribution in [0.3, 0.4) is 0 Å². The second kappa shape index (κ2) is 9.06. The highest BCUT2D eigenvalue weighted by molar-refractivity contribution is 7.80. The van der Waals surface area contributed by atoms with Gasteiger partial charge in [0.25, 0.3) is 0 Å². The van der Waals surface area contributed by atoms with Gasteiger partial charge in [-0.15, -0.1) is 0 Å². The second-order valence-electron chi connectivity index (χ2n) is 7.27. The maximum Gasteiger partial charge on any atom is 0.227 e. The van der Waals surface area contributed by atoms with E-state index in [1.807, 2.05) is 68.1 Å². The van der Waals surface area contributed by atoms with E-state index in [0.29, 0.717) is 18.1 Å².